The van der Waals surface area contributed by atoms with E-state index in [2.05, 4.69) is 10.6 Å². The molecular weight excluding hydrogens is 395 g/mol. The van der Waals surface area contributed by atoms with Crippen LogP contribution in [0, 0.1) is 0 Å². The number of carbonyl (C=O) groups excluding carboxylic acids is 2. The molecule has 0 aromatic heterocycles. The first kappa shape index (κ1) is 21.7. The topological polar surface area (TPSA) is 61.4 Å². The number of hydrogen-bond acceptors (Lipinski definition) is 3. The third kappa shape index (κ3) is 5.11. The standard InChI is InChI=1S/C22H24F3N3O2/c1-14(2)26-21(30)18-8-4-10-19-17(18)9-5-11-28(19)13-20(29)27-16-7-3-6-15(12-16)22(23,24)25/h3-4,6-8,10,12,14H,5,9,11,13H2,1-2H3,(H,26,30)(H,27,29). The number of benzene rings is 2. The van der Waals surface area contributed by atoms with Crippen LogP contribution in [0.1, 0.15) is 41.8 Å². The number of nitrogens with one attached hydrogen (secondary N) is 2. The second-order valence-electron chi connectivity index (χ2n) is 7.58. The summed E-state index contributed by atoms with van der Waals surface area (Å²) in [5.74, 6) is -0.573. The number of carbonyl (C=O) groups is 2. The Bertz CT molecular complexity index is 941. The van der Waals surface area contributed by atoms with Crippen molar-refractivity contribution in [3.63, 3.8) is 0 Å². The second kappa shape index (κ2) is 8.77. The number of hydrogen-bond donors (Lipinski definition) is 2. The van der Waals surface area contributed by atoms with Crippen molar-refractivity contribution in [2.75, 3.05) is 23.3 Å². The molecule has 2 N–H and O–H groups in total. The number of rotatable bonds is 5. The lowest BCUT2D eigenvalue weighted by atomic mass is 9.95. The fraction of sp³-hybridized carbons (Fsp3) is 0.364. The minimum Gasteiger partial charge on any atom is -0.362 e. The maximum atomic E-state index is 12.9. The smallest absolute Gasteiger partial charge is 0.362 e. The van der Waals surface area contributed by atoms with Gasteiger partial charge in [0.15, 0.2) is 0 Å². The van der Waals surface area contributed by atoms with Crippen LogP contribution in [0.5, 0.6) is 0 Å². The molecule has 0 saturated heterocycles. The highest BCUT2D eigenvalue weighted by atomic mass is 19.4. The van der Waals surface area contributed by atoms with E-state index >= 15 is 0 Å². The Morgan fingerprint density at radius 2 is 1.87 bits per heavy atom. The molecule has 0 bridgehead atoms. The van der Waals surface area contributed by atoms with Crippen LogP contribution < -0.4 is 15.5 Å². The molecule has 0 saturated carbocycles. The Balaban J connectivity index is 1.75. The van der Waals surface area contributed by atoms with Crippen LogP contribution in [-0.2, 0) is 17.4 Å². The Morgan fingerprint density at radius 3 is 2.57 bits per heavy atom. The van der Waals surface area contributed by atoms with Crippen LogP contribution in [0.4, 0.5) is 24.5 Å². The largest absolute Gasteiger partial charge is 0.416 e. The highest BCUT2D eigenvalue weighted by Crippen LogP contribution is 2.31. The third-order valence-electron chi connectivity index (χ3n) is 4.82. The summed E-state index contributed by atoms with van der Waals surface area (Å²) >= 11 is 0. The number of amides is 2. The van der Waals surface area contributed by atoms with Crippen molar-refractivity contribution in [2.45, 2.75) is 38.9 Å². The zero-order valence-electron chi connectivity index (χ0n) is 16.8. The molecule has 2 amide bonds. The van der Waals surface area contributed by atoms with E-state index in [0.29, 0.717) is 12.1 Å². The van der Waals surface area contributed by atoms with E-state index in [-0.39, 0.29) is 24.2 Å². The molecule has 0 atom stereocenters. The van der Waals surface area contributed by atoms with Crippen LogP contribution in [0.3, 0.4) is 0 Å². The quantitative estimate of drug-likeness (QED) is 0.762. The van der Waals surface area contributed by atoms with Crippen molar-refractivity contribution >= 4 is 23.2 Å². The summed E-state index contributed by atoms with van der Waals surface area (Å²) in [7, 11) is 0. The first-order valence-electron chi connectivity index (χ1n) is 9.80. The van der Waals surface area contributed by atoms with E-state index in [1.165, 1.54) is 12.1 Å². The van der Waals surface area contributed by atoms with Crippen molar-refractivity contribution in [3.8, 4) is 0 Å². The minimum atomic E-state index is -4.47. The lowest BCUT2D eigenvalue weighted by molar-refractivity contribution is -0.137. The number of anilines is 2. The van der Waals surface area contributed by atoms with Gasteiger partial charge in [-0.15, -0.1) is 0 Å². The van der Waals surface area contributed by atoms with E-state index in [1.807, 2.05) is 24.8 Å². The molecule has 2 aromatic carbocycles. The monoisotopic (exact) mass is 419 g/mol. The van der Waals surface area contributed by atoms with Gasteiger partial charge >= 0.3 is 6.18 Å². The van der Waals surface area contributed by atoms with Crippen molar-refractivity contribution in [3.05, 3.63) is 59.2 Å². The maximum absolute atomic E-state index is 12.9. The molecule has 2 aromatic rings. The first-order valence-corrected chi connectivity index (χ1v) is 9.80. The van der Waals surface area contributed by atoms with Crippen LogP contribution in [0.2, 0.25) is 0 Å². The predicted molar refractivity (Wildman–Crippen MR) is 110 cm³/mol. The van der Waals surface area contributed by atoms with E-state index in [9.17, 15) is 22.8 Å². The van der Waals surface area contributed by atoms with Crippen LogP contribution in [-0.4, -0.2) is 30.9 Å². The van der Waals surface area contributed by atoms with Gasteiger partial charge < -0.3 is 15.5 Å². The average Bonchev–Trinajstić information content (AvgIpc) is 2.66. The Kier molecular flexibility index (Phi) is 6.34. The molecule has 0 fully saturated rings. The Hall–Kier alpha value is -3.03. The van der Waals surface area contributed by atoms with Crippen molar-refractivity contribution in [1.82, 2.24) is 5.32 Å². The lowest BCUT2D eigenvalue weighted by Crippen LogP contribution is -2.38. The molecular formula is C22H24F3N3O2. The highest BCUT2D eigenvalue weighted by molar-refractivity contribution is 5.98. The van der Waals surface area contributed by atoms with Crippen molar-refractivity contribution in [1.29, 1.82) is 0 Å². The van der Waals surface area contributed by atoms with Crippen LogP contribution >= 0.6 is 0 Å². The molecule has 5 nitrogen and oxygen atoms in total. The Morgan fingerprint density at radius 1 is 1.13 bits per heavy atom. The summed E-state index contributed by atoms with van der Waals surface area (Å²) < 4.78 is 38.6. The SMILES string of the molecule is CC(C)NC(=O)c1cccc2c1CCCN2CC(=O)Nc1cccc(C(F)(F)F)c1. The first-order chi connectivity index (χ1) is 14.1. The molecule has 1 aliphatic rings. The van der Waals surface area contributed by atoms with Gasteiger partial charge in [-0.2, -0.15) is 13.2 Å². The van der Waals surface area contributed by atoms with Gasteiger partial charge in [0.05, 0.1) is 12.1 Å². The molecule has 3 rings (SSSR count). The van der Waals surface area contributed by atoms with Crippen molar-refractivity contribution < 1.29 is 22.8 Å². The van der Waals surface area contributed by atoms with Crippen molar-refractivity contribution in [2.24, 2.45) is 0 Å². The molecule has 1 heterocycles. The molecule has 30 heavy (non-hydrogen) atoms. The van der Waals surface area contributed by atoms with E-state index in [0.717, 1.165) is 36.2 Å². The van der Waals surface area contributed by atoms with Gasteiger partial charge in [0.1, 0.15) is 0 Å². The summed E-state index contributed by atoms with van der Waals surface area (Å²) in [4.78, 5) is 26.9. The van der Waals surface area contributed by atoms with Gasteiger partial charge in [-0.05, 0) is 62.6 Å². The zero-order chi connectivity index (χ0) is 21.9. The van der Waals surface area contributed by atoms with Gasteiger partial charge in [-0.1, -0.05) is 12.1 Å². The summed E-state index contributed by atoms with van der Waals surface area (Å²) in [6, 6.07) is 9.96. The van der Waals surface area contributed by atoms with E-state index in [1.54, 1.807) is 12.1 Å². The van der Waals surface area contributed by atoms with E-state index in [4.69, 9.17) is 0 Å². The number of alkyl halides is 3. The van der Waals surface area contributed by atoms with Gasteiger partial charge in [0, 0.05) is 29.5 Å². The number of halogens is 3. The van der Waals surface area contributed by atoms with E-state index < -0.39 is 17.6 Å². The van der Waals surface area contributed by atoms with Gasteiger partial charge in [-0.3, -0.25) is 9.59 Å². The summed E-state index contributed by atoms with van der Waals surface area (Å²) in [5, 5.41) is 5.42. The minimum absolute atomic E-state index is 0.00582. The highest BCUT2D eigenvalue weighted by Gasteiger charge is 2.30. The zero-order valence-corrected chi connectivity index (χ0v) is 16.8. The fourth-order valence-electron chi connectivity index (χ4n) is 3.56. The van der Waals surface area contributed by atoms with Crippen LogP contribution in [0.15, 0.2) is 42.5 Å². The normalized spacial score (nSPS) is 13.7. The molecule has 8 heteroatoms. The maximum Gasteiger partial charge on any atom is 0.416 e. The molecule has 1 aliphatic heterocycles. The number of nitrogens with zero attached hydrogens (tertiary/aromatic N) is 1. The van der Waals surface area contributed by atoms with Gasteiger partial charge in [-0.25, -0.2) is 0 Å². The third-order valence-corrected chi connectivity index (χ3v) is 4.82. The summed E-state index contributed by atoms with van der Waals surface area (Å²) in [6.45, 7) is 4.38. The lowest BCUT2D eigenvalue weighted by Gasteiger charge is -2.32. The molecule has 0 aliphatic carbocycles. The average molecular weight is 419 g/mol. The summed E-state index contributed by atoms with van der Waals surface area (Å²) in [6.07, 6.45) is -2.97. The fourth-order valence-corrected chi connectivity index (χ4v) is 3.56. The summed E-state index contributed by atoms with van der Waals surface area (Å²) in [5.41, 5.74) is 1.55. The molecule has 0 unspecified atom stereocenters. The van der Waals surface area contributed by atoms with Gasteiger partial charge in [0.25, 0.3) is 5.91 Å². The second-order valence-corrected chi connectivity index (χ2v) is 7.58. The predicted octanol–water partition coefficient (Wildman–Crippen LogP) is 4.23. The molecule has 0 spiro atoms. The Labute approximate surface area is 173 Å². The molecule has 160 valence electrons. The molecule has 0 radical (unpaired) electrons. The van der Waals surface area contributed by atoms with Gasteiger partial charge in [0.2, 0.25) is 5.91 Å². The number of fused-ring (bicyclic) bond motifs is 1. The van der Waals surface area contributed by atoms with Crippen LogP contribution in [0.25, 0.3) is 0 Å².